The largest absolute Gasteiger partial charge is 0.618 e. The maximum atomic E-state index is 13.2. The molecule has 0 radical (unpaired) electrons. The third kappa shape index (κ3) is 4.86. The Bertz CT molecular complexity index is 1590. The first-order valence-corrected chi connectivity index (χ1v) is 13.3. The molecule has 1 saturated heterocycles. The van der Waals surface area contributed by atoms with Crippen LogP contribution in [-0.4, -0.2) is 59.7 Å². The highest BCUT2D eigenvalue weighted by Crippen LogP contribution is 2.25. The monoisotopic (exact) mass is 538 g/mol. The van der Waals surface area contributed by atoms with Gasteiger partial charge in [-0.15, -0.1) is 0 Å². The number of sulfonamides is 1. The molecule has 2 aromatic heterocycles. The van der Waals surface area contributed by atoms with E-state index in [4.69, 9.17) is 17.3 Å². The van der Waals surface area contributed by atoms with E-state index in [2.05, 4.69) is 9.97 Å². The zero-order valence-corrected chi connectivity index (χ0v) is 21.2. The number of amides is 1. The van der Waals surface area contributed by atoms with Crippen molar-refractivity contribution in [3.05, 3.63) is 88.5 Å². The molecule has 0 spiro atoms. The minimum Gasteiger partial charge on any atom is -0.618 e. The molecule has 0 bridgehead atoms. The minimum atomic E-state index is -3.73. The van der Waals surface area contributed by atoms with Crippen LogP contribution in [0.5, 0.6) is 0 Å². The van der Waals surface area contributed by atoms with Gasteiger partial charge in [0, 0.05) is 55.7 Å². The SMILES string of the molecule is NCc1cccc(-c2ncc(C(=O)N3CCN(S(=O)(=O)c4ccc5cc(Cl)ccc5c4)CC3)cn2)[n+]1[O-]. The molecule has 5 rings (SSSR count). The van der Waals surface area contributed by atoms with Crippen LogP contribution in [0.4, 0.5) is 0 Å². The zero-order valence-electron chi connectivity index (χ0n) is 19.6. The molecule has 12 heteroatoms. The van der Waals surface area contributed by atoms with Crippen molar-refractivity contribution < 1.29 is 17.9 Å². The maximum Gasteiger partial charge on any atom is 0.261 e. The number of halogens is 1. The van der Waals surface area contributed by atoms with Crippen molar-refractivity contribution in [3.8, 4) is 11.5 Å². The molecular formula is C25H23ClN6O4S. The summed E-state index contributed by atoms with van der Waals surface area (Å²) in [6, 6.07) is 15.1. The minimum absolute atomic E-state index is 0.0747. The van der Waals surface area contributed by atoms with E-state index in [-0.39, 0.29) is 60.6 Å². The average Bonchev–Trinajstić information content (AvgIpc) is 2.92. The number of aromatic nitrogens is 3. The topological polar surface area (TPSA) is 136 Å². The van der Waals surface area contributed by atoms with E-state index in [1.165, 1.54) is 16.7 Å². The van der Waals surface area contributed by atoms with Gasteiger partial charge in [0.2, 0.25) is 21.5 Å². The van der Waals surface area contributed by atoms with Crippen molar-refractivity contribution in [2.75, 3.05) is 26.2 Å². The van der Waals surface area contributed by atoms with E-state index in [0.717, 1.165) is 10.8 Å². The fraction of sp³-hybridized carbons (Fsp3) is 0.200. The van der Waals surface area contributed by atoms with Gasteiger partial charge in [-0.3, -0.25) is 4.79 Å². The summed E-state index contributed by atoms with van der Waals surface area (Å²) in [7, 11) is -3.73. The van der Waals surface area contributed by atoms with Gasteiger partial charge >= 0.3 is 0 Å². The number of carbonyl (C=O) groups excluding carboxylic acids is 1. The molecule has 10 nitrogen and oxygen atoms in total. The van der Waals surface area contributed by atoms with E-state index in [9.17, 15) is 18.4 Å². The van der Waals surface area contributed by atoms with Crippen LogP contribution in [0.2, 0.25) is 5.02 Å². The number of nitrogens with two attached hydrogens (primary N) is 1. The summed E-state index contributed by atoms with van der Waals surface area (Å²) in [5.41, 5.74) is 6.44. The van der Waals surface area contributed by atoms with E-state index in [1.807, 2.05) is 0 Å². The molecule has 0 unspecified atom stereocenters. The Balaban J connectivity index is 1.27. The summed E-state index contributed by atoms with van der Waals surface area (Å²) in [5, 5.41) is 14.6. The Morgan fingerprint density at radius 3 is 2.38 bits per heavy atom. The standard InChI is InChI=1S/C25H23ClN6O4S/c26-20-6-4-18-13-22(7-5-17(18)12-20)37(35,36)31-10-8-30(9-11-31)25(33)19-15-28-24(29-16-19)23-3-1-2-21(14-27)32(23)34/h1-7,12-13,15-16H,8-11,14,27H2. The van der Waals surface area contributed by atoms with Crippen molar-refractivity contribution in [1.29, 1.82) is 0 Å². The molecule has 2 N–H and O–H groups in total. The Hall–Kier alpha value is -3.64. The Labute approximate surface area is 218 Å². The van der Waals surface area contributed by atoms with Gasteiger partial charge in [-0.05, 0) is 41.1 Å². The van der Waals surface area contributed by atoms with Gasteiger partial charge in [0.15, 0.2) is 0 Å². The predicted molar refractivity (Wildman–Crippen MR) is 138 cm³/mol. The zero-order chi connectivity index (χ0) is 26.2. The second-order valence-corrected chi connectivity index (χ2v) is 10.9. The van der Waals surface area contributed by atoms with Crippen LogP contribution in [0, 0.1) is 5.21 Å². The Kier molecular flexibility index (Phi) is 6.78. The lowest BCUT2D eigenvalue weighted by molar-refractivity contribution is -0.602. The molecule has 37 heavy (non-hydrogen) atoms. The van der Waals surface area contributed by atoms with Crippen molar-refractivity contribution in [2.24, 2.45) is 5.73 Å². The number of carbonyl (C=O) groups is 1. The summed E-state index contributed by atoms with van der Waals surface area (Å²) >= 11 is 6.02. The molecule has 0 aliphatic carbocycles. The number of piperazine rings is 1. The molecule has 4 aromatic rings. The molecule has 1 aliphatic heterocycles. The van der Waals surface area contributed by atoms with Crippen molar-refractivity contribution in [3.63, 3.8) is 0 Å². The fourth-order valence-electron chi connectivity index (χ4n) is 4.25. The first-order valence-electron chi connectivity index (χ1n) is 11.5. The van der Waals surface area contributed by atoms with E-state index >= 15 is 0 Å². The number of benzene rings is 2. The van der Waals surface area contributed by atoms with Crippen LogP contribution in [0.15, 0.2) is 71.9 Å². The van der Waals surface area contributed by atoms with E-state index in [1.54, 1.807) is 59.5 Å². The number of hydrogen-bond donors (Lipinski definition) is 1. The number of hydrogen-bond acceptors (Lipinski definition) is 7. The lowest BCUT2D eigenvalue weighted by Gasteiger charge is -2.34. The molecule has 0 saturated carbocycles. The third-order valence-corrected chi connectivity index (χ3v) is 8.43. The van der Waals surface area contributed by atoms with Crippen LogP contribution in [0.25, 0.3) is 22.3 Å². The first kappa shape index (κ1) is 25.0. The molecule has 190 valence electrons. The first-order chi connectivity index (χ1) is 17.8. The number of pyridine rings is 1. The Morgan fingerprint density at radius 1 is 1.00 bits per heavy atom. The summed E-state index contributed by atoms with van der Waals surface area (Å²) in [6.45, 7) is 0.844. The normalized spacial score (nSPS) is 14.7. The average molecular weight is 539 g/mol. The smallest absolute Gasteiger partial charge is 0.261 e. The molecular weight excluding hydrogens is 516 g/mol. The van der Waals surface area contributed by atoms with Gasteiger partial charge in [0.25, 0.3) is 11.6 Å². The highest BCUT2D eigenvalue weighted by Gasteiger charge is 2.31. The number of rotatable bonds is 5. The van der Waals surface area contributed by atoms with Crippen LogP contribution in [-0.2, 0) is 16.6 Å². The predicted octanol–water partition coefficient (Wildman–Crippen LogP) is 2.19. The Morgan fingerprint density at radius 2 is 1.68 bits per heavy atom. The number of nitrogens with zero attached hydrogens (tertiary/aromatic N) is 5. The van der Waals surface area contributed by atoms with Gasteiger partial charge < -0.3 is 15.8 Å². The lowest BCUT2D eigenvalue weighted by atomic mass is 10.1. The molecule has 1 fully saturated rings. The second-order valence-electron chi connectivity index (χ2n) is 8.55. The van der Waals surface area contributed by atoms with Gasteiger partial charge in [-0.2, -0.15) is 9.04 Å². The molecule has 0 atom stereocenters. The quantitative estimate of drug-likeness (QED) is 0.304. The van der Waals surface area contributed by atoms with Crippen LogP contribution in [0.3, 0.4) is 0 Å². The number of fused-ring (bicyclic) bond motifs is 1. The van der Waals surface area contributed by atoms with Crippen LogP contribution in [0.1, 0.15) is 16.1 Å². The van der Waals surface area contributed by atoms with Crippen molar-refractivity contribution in [2.45, 2.75) is 11.4 Å². The van der Waals surface area contributed by atoms with Crippen LogP contribution < -0.4 is 10.5 Å². The van der Waals surface area contributed by atoms with Crippen molar-refractivity contribution in [1.82, 2.24) is 19.2 Å². The summed E-state index contributed by atoms with van der Waals surface area (Å²) in [4.78, 5) is 23.1. The fourth-order valence-corrected chi connectivity index (χ4v) is 5.88. The summed E-state index contributed by atoms with van der Waals surface area (Å²) in [5.74, 6) is -0.132. The van der Waals surface area contributed by atoms with E-state index in [0.29, 0.717) is 15.4 Å². The highest BCUT2D eigenvalue weighted by molar-refractivity contribution is 7.89. The summed E-state index contributed by atoms with van der Waals surface area (Å²) < 4.78 is 28.5. The second kappa shape index (κ2) is 10.0. The molecule has 1 amide bonds. The van der Waals surface area contributed by atoms with Gasteiger partial charge in [0.05, 0.1) is 17.0 Å². The van der Waals surface area contributed by atoms with Crippen molar-refractivity contribution >= 4 is 38.3 Å². The maximum absolute atomic E-state index is 13.2. The molecule has 2 aromatic carbocycles. The summed E-state index contributed by atoms with van der Waals surface area (Å²) in [6.07, 6.45) is 2.73. The highest BCUT2D eigenvalue weighted by atomic mass is 35.5. The molecule has 1 aliphatic rings. The van der Waals surface area contributed by atoms with Crippen LogP contribution >= 0.6 is 11.6 Å². The lowest BCUT2D eigenvalue weighted by Crippen LogP contribution is -2.50. The molecule has 3 heterocycles. The van der Waals surface area contributed by atoms with E-state index < -0.39 is 10.0 Å². The van der Waals surface area contributed by atoms with Gasteiger partial charge in [-0.1, -0.05) is 23.7 Å². The van der Waals surface area contributed by atoms with Gasteiger partial charge in [-0.25, -0.2) is 18.4 Å². The van der Waals surface area contributed by atoms with Gasteiger partial charge in [0.1, 0.15) is 0 Å². The third-order valence-electron chi connectivity index (χ3n) is 6.30.